The van der Waals surface area contributed by atoms with E-state index >= 15 is 0 Å². The van der Waals surface area contributed by atoms with Crippen molar-refractivity contribution in [1.82, 2.24) is 9.47 Å². The van der Waals surface area contributed by atoms with Gasteiger partial charge in [-0.3, -0.25) is 4.79 Å². The molecule has 132 valence electrons. The molecule has 0 N–H and O–H groups in total. The zero-order valence-corrected chi connectivity index (χ0v) is 15.0. The molecule has 2 amide bonds. The number of amides is 2. The number of hydrogen-bond acceptors (Lipinski definition) is 5. The molecular formula is C17H24N2O5. The molecule has 0 spiro atoms. The fraction of sp³-hybridized carbons (Fsp3) is 0.588. The molecular weight excluding hydrogens is 312 g/mol. The molecule has 1 atom stereocenters. The van der Waals surface area contributed by atoms with Crippen molar-refractivity contribution in [3.63, 3.8) is 0 Å². The molecule has 1 aromatic rings. The van der Waals surface area contributed by atoms with Crippen LogP contribution in [0.2, 0.25) is 0 Å². The molecule has 0 fully saturated rings. The molecule has 7 heteroatoms. The summed E-state index contributed by atoms with van der Waals surface area (Å²) in [6.45, 7) is 9.03. The van der Waals surface area contributed by atoms with Gasteiger partial charge in [-0.2, -0.15) is 0 Å². The van der Waals surface area contributed by atoms with Crippen LogP contribution in [0.25, 0.3) is 0 Å². The Morgan fingerprint density at radius 1 is 1.29 bits per heavy atom. The Kier molecular flexibility index (Phi) is 4.73. The highest BCUT2D eigenvalue weighted by Crippen LogP contribution is 2.28. The molecule has 2 rings (SSSR count). The Labute approximate surface area is 141 Å². The number of fused-ring (bicyclic) bond motifs is 1. The molecule has 24 heavy (non-hydrogen) atoms. The van der Waals surface area contributed by atoms with Crippen LogP contribution in [-0.4, -0.2) is 46.7 Å². The molecule has 0 aliphatic carbocycles. The second-order valence-corrected chi connectivity index (χ2v) is 6.90. The summed E-state index contributed by atoms with van der Waals surface area (Å²) >= 11 is 0. The van der Waals surface area contributed by atoms with Crippen molar-refractivity contribution in [1.29, 1.82) is 0 Å². The number of carbonyl (C=O) groups is 3. The first kappa shape index (κ1) is 18.0. The van der Waals surface area contributed by atoms with Crippen LogP contribution < -0.4 is 0 Å². The van der Waals surface area contributed by atoms with Crippen LogP contribution in [0.1, 0.15) is 55.5 Å². The van der Waals surface area contributed by atoms with Gasteiger partial charge in [-0.1, -0.05) is 0 Å². The predicted molar refractivity (Wildman–Crippen MR) is 86.9 cm³/mol. The molecule has 0 bridgehead atoms. The summed E-state index contributed by atoms with van der Waals surface area (Å²) in [5, 5.41) is 0. The molecule has 0 saturated heterocycles. The standard InChI is InChI=1S/C17H24N2O5/c1-10-9-12-13(19(10)11(2)15(21)23-6)7-8-18(14(12)20)16(22)24-17(3,4)5/h9,11H,7-8H2,1-6H3/t11-/m1/s1. The van der Waals surface area contributed by atoms with Gasteiger partial charge in [0.25, 0.3) is 5.91 Å². The van der Waals surface area contributed by atoms with E-state index < -0.39 is 23.6 Å². The van der Waals surface area contributed by atoms with E-state index in [-0.39, 0.29) is 12.5 Å². The first-order chi connectivity index (χ1) is 11.1. The number of hydrogen-bond donors (Lipinski definition) is 0. The van der Waals surface area contributed by atoms with Crippen molar-refractivity contribution in [3.05, 3.63) is 23.0 Å². The molecule has 0 unspecified atom stereocenters. The van der Waals surface area contributed by atoms with E-state index in [1.165, 1.54) is 7.11 Å². The van der Waals surface area contributed by atoms with Gasteiger partial charge in [0.05, 0.1) is 12.7 Å². The Morgan fingerprint density at radius 3 is 2.46 bits per heavy atom. The highest BCUT2D eigenvalue weighted by atomic mass is 16.6. The van der Waals surface area contributed by atoms with Crippen LogP contribution in [0.15, 0.2) is 6.07 Å². The average molecular weight is 336 g/mol. The molecule has 1 aliphatic rings. The molecule has 7 nitrogen and oxygen atoms in total. The normalized spacial score (nSPS) is 15.8. The molecule has 0 saturated carbocycles. The largest absolute Gasteiger partial charge is 0.467 e. The van der Waals surface area contributed by atoms with Crippen molar-refractivity contribution in [2.45, 2.75) is 52.7 Å². The maximum absolute atomic E-state index is 12.7. The lowest BCUT2D eigenvalue weighted by Gasteiger charge is -2.29. The van der Waals surface area contributed by atoms with Gasteiger partial charge in [0.2, 0.25) is 0 Å². The van der Waals surface area contributed by atoms with Crippen LogP contribution in [0.5, 0.6) is 0 Å². The molecule has 0 aromatic carbocycles. The molecule has 2 heterocycles. The maximum Gasteiger partial charge on any atom is 0.417 e. The van der Waals surface area contributed by atoms with Gasteiger partial charge in [0.1, 0.15) is 11.6 Å². The minimum atomic E-state index is -0.668. The van der Waals surface area contributed by atoms with E-state index in [0.717, 1.165) is 16.3 Å². The minimum absolute atomic E-state index is 0.220. The SMILES string of the molecule is COC(=O)[C@@H](C)n1c(C)cc2c1CCN(C(=O)OC(C)(C)C)C2=O. The van der Waals surface area contributed by atoms with Gasteiger partial charge >= 0.3 is 12.1 Å². The smallest absolute Gasteiger partial charge is 0.417 e. The maximum atomic E-state index is 12.7. The Bertz CT molecular complexity index is 684. The van der Waals surface area contributed by atoms with Gasteiger partial charge in [-0.25, -0.2) is 14.5 Å². The van der Waals surface area contributed by atoms with E-state index in [0.29, 0.717) is 12.0 Å². The number of esters is 1. The van der Waals surface area contributed by atoms with Crippen LogP contribution in [0.4, 0.5) is 4.79 Å². The fourth-order valence-electron chi connectivity index (χ4n) is 2.92. The second kappa shape index (κ2) is 6.30. The summed E-state index contributed by atoms with van der Waals surface area (Å²) in [4.78, 5) is 37.8. The zero-order chi connectivity index (χ0) is 18.2. The lowest BCUT2D eigenvalue weighted by molar-refractivity contribution is -0.144. The minimum Gasteiger partial charge on any atom is -0.467 e. The Hall–Kier alpha value is -2.31. The van der Waals surface area contributed by atoms with E-state index in [2.05, 4.69) is 0 Å². The number of carbonyl (C=O) groups excluding carboxylic acids is 3. The lowest BCUT2D eigenvalue weighted by atomic mass is 10.1. The van der Waals surface area contributed by atoms with E-state index in [1.54, 1.807) is 38.3 Å². The van der Waals surface area contributed by atoms with E-state index in [4.69, 9.17) is 9.47 Å². The summed E-state index contributed by atoms with van der Waals surface area (Å²) in [5.74, 6) is -0.775. The van der Waals surface area contributed by atoms with Crippen molar-refractivity contribution in [2.24, 2.45) is 0 Å². The molecule has 1 aliphatic heterocycles. The molecule has 1 aromatic heterocycles. The highest BCUT2D eigenvalue weighted by Gasteiger charge is 2.36. The number of rotatable bonds is 2. The van der Waals surface area contributed by atoms with Crippen LogP contribution in [0, 0.1) is 6.92 Å². The summed E-state index contributed by atoms with van der Waals surface area (Å²) in [5.41, 5.74) is 1.28. The average Bonchev–Trinajstić information content (AvgIpc) is 2.81. The van der Waals surface area contributed by atoms with Crippen LogP contribution in [0.3, 0.4) is 0 Å². The van der Waals surface area contributed by atoms with Gasteiger partial charge in [-0.05, 0) is 40.7 Å². The van der Waals surface area contributed by atoms with E-state index in [1.807, 2.05) is 6.92 Å². The third-order valence-electron chi connectivity index (χ3n) is 3.93. The van der Waals surface area contributed by atoms with Crippen molar-refractivity contribution in [2.75, 3.05) is 13.7 Å². The fourth-order valence-corrected chi connectivity index (χ4v) is 2.92. The topological polar surface area (TPSA) is 77.8 Å². The monoisotopic (exact) mass is 336 g/mol. The van der Waals surface area contributed by atoms with Crippen LogP contribution in [-0.2, 0) is 20.7 Å². The summed E-state index contributed by atoms with van der Waals surface area (Å²) in [7, 11) is 1.33. The van der Waals surface area contributed by atoms with Crippen LogP contribution >= 0.6 is 0 Å². The number of methoxy groups -OCH3 is 1. The number of aromatic nitrogens is 1. The third kappa shape index (κ3) is 3.29. The zero-order valence-electron chi connectivity index (χ0n) is 15.0. The third-order valence-corrected chi connectivity index (χ3v) is 3.93. The van der Waals surface area contributed by atoms with Gasteiger partial charge in [0.15, 0.2) is 0 Å². The van der Waals surface area contributed by atoms with Gasteiger partial charge < -0.3 is 14.0 Å². The second-order valence-electron chi connectivity index (χ2n) is 6.90. The summed E-state index contributed by atoms with van der Waals surface area (Å²) in [6, 6.07) is 1.17. The summed E-state index contributed by atoms with van der Waals surface area (Å²) < 4.78 is 11.9. The molecule has 0 radical (unpaired) electrons. The lowest BCUT2D eigenvalue weighted by Crippen LogP contribution is -2.45. The van der Waals surface area contributed by atoms with Crippen molar-refractivity contribution >= 4 is 18.0 Å². The van der Waals surface area contributed by atoms with Gasteiger partial charge in [-0.15, -0.1) is 0 Å². The highest BCUT2D eigenvalue weighted by molar-refractivity contribution is 6.05. The van der Waals surface area contributed by atoms with Crippen molar-refractivity contribution < 1.29 is 23.9 Å². The predicted octanol–water partition coefficient (Wildman–Crippen LogP) is 2.46. The van der Waals surface area contributed by atoms with E-state index in [9.17, 15) is 14.4 Å². The van der Waals surface area contributed by atoms with Gasteiger partial charge in [0, 0.05) is 24.4 Å². The van der Waals surface area contributed by atoms with Crippen molar-refractivity contribution in [3.8, 4) is 0 Å². The number of aryl methyl sites for hydroxylation is 1. The Morgan fingerprint density at radius 2 is 1.92 bits per heavy atom. The summed E-state index contributed by atoms with van der Waals surface area (Å²) in [6.07, 6.45) is -0.181. The number of imide groups is 1. The number of nitrogens with zero attached hydrogens (tertiary/aromatic N) is 2. The quantitative estimate of drug-likeness (QED) is 0.775. The first-order valence-corrected chi connectivity index (χ1v) is 7.90. The Balaban J connectivity index is 2.33. The first-order valence-electron chi connectivity index (χ1n) is 7.90. The number of ether oxygens (including phenoxy) is 2.